The number of aromatic nitrogens is 1. The molecule has 4 rings (SSSR count). The maximum Gasteiger partial charge on any atom is 0.225 e. The fourth-order valence-corrected chi connectivity index (χ4v) is 4.52. The topological polar surface area (TPSA) is 45.3 Å². The van der Waals surface area contributed by atoms with Gasteiger partial charge in [0.2, 0.25) is 5.91 Å². The second-order valence-corrected chi connectivity index (χ2v) is 7.64. The molecule has 1 atom stereocenters. The number of H-pyrrole nitrogens is 1. The minimum atomic E-state index is 0.277. The molecule has 0 radical (unpaired) electrons. The van der Waals surface area contributed by atoms with E-state index >= 15 is 0 Å². The first-order chi connectivity index (χ1) is 12.2. The number of carbonyl (C=O) groups excluding carboxylic acids is 1. The van der Waals surface area contributed by atoms with Gasteiger partial charge in [0.1, 0.15) is 5.75 Å². The zero-order valence-electron chi connectivity index (χ0n) is 15.1. The Balaban J connectivity index is 1.49. The Labute approximate surface area is 149 Å². The van der Waals surface area contributed by atoms with Gasteiger partial charge in [0.05, 0.1) is 7.11 Å². The number of piperidine rings is 1. The fraction of sp³-hybridized carbons (Fsp3) is 0.571. The number of methoxy groups -OCH3 is 1. The van der Waals surface area contributed by atoms with Crippen LogP contribution in [0.5, 0.6) is 5.75 Å². The normalized spacial score (nSPS) is 22.3. The van der Waals surface area contributed by atoms with Crippen LogP contribution in [0.3, 0.4) is 0 Å². The molecule has 1 N–H and O–H groups in total. The van der Waals surface area contributed by atoms with Crippen molar-refractivity contribution >= 4 is 16.8 Å². The van der Waals surface area contributed by atoms with Crippen LogP contribution in [0.15, 0.2) is 24.3 Å². The van der Waals surface area contributed by atoms with E-state index in [1.165, 1.54) is 30.3 Å². The maximum atomic E-state index is 12.9. The lowest BCUT2D eigenvalue weighted by Crippen LogP contribution is -2.42. The molecule has 2 aliphatic rings. The van der Waals surface area contributed by atoms with Crippen LogP contribution in [0, 0.1) is 5.92 Å². The molecule has 0 spiro atoms. The van der Waals surface area contributed by atoms with E-state index in [1.807, 2.05) is 6.07 Å². The van der Waals surface area contributed by atoms with Gasteiger partial charge in [-0.15, -0.1) is 0 Å². The van der Waals surface area contributed by atoms with Crippen molar-refractivity contribution in [1.82, 2.24) is 9.88 Å². The number of fused-ring (bicyclic) bond motifs is 1. The molecule has 2 aromatic rings. The summed E-state index contributed by atoms with van der Waals surface area (Å²) in [6.45, 7) is 1.79. The number of likely N-dealkylation sites (tertiary alicyclic amines) is 1. The quantitative estimate of drug-likeness (QED) is 0.896. The van der Waals surface area contributed by atoms with E-state index in [-0.39, 0.29) is 5.92 Å². The molecular weight excluding hydrogens is 312 g/mol. The van der Waals surface area contributed by atoms with Crippen LogP contribution in [0.4, 0.5) is 0 Å². The van der Waals surface area contributed by atoms with Crippen molar-refractivity contribution in [2.45, 2.75) is 50.9 Å². The van der Waals surface area contributed by atoms with Crippen molar-refractivity contribution in [2.24, 2.45) is 5.92 Å². The number of aromatic amines is 1. The second kappa shape index (κ2) is 7.11. The van der Waals surface area contributed by atoms with Crippen molar-refractivity contribution in [3.8, 4) is 5.75 Å². The third-order valence-electron chi connectivity index (χ3n) is 5.98. The van der Waals surface area contributed by atoms with Gasteiger partial charge in [-0.25, -0.2) is 0 Å². The van der Waals surface area contributed by atoms with E-state index in [1.54, 1.807) is 7.11 Å². The highest BCUT2D eigenvalue weighted by Crippen LogP contribution is 2.32. The molecule has 1 amide bonds. The van der Waals surface area contributed by atoms with Crippen molar-refractivity contribution in [3.63, 3.8) is 0 Å². The molecule has 1 aromatic heterocycles. The van der Waals surface area contributed by atoms with Gasteiger partial charge in [0.15, 0.2) is 0 Å². The first-order valence-corrected chi connectivity index (χ1v) is 9.70. The van der Waals surface area contributed by atoms with Crippen molar-refractivity contribution < 1.29 is 9.53 Å². The zero-order chi connectivity index (χ0) is 17.2. The van der Waals surface area contributed by atoms with Gasteiger partial charge in [0, 0.05) is 41.5 Å². The Bertz CT molecular complexity index is 745. The van der Waals surface area contributed by atoms with E-state index < -0.39 is 0 Å². The molecule has 1 aliphatic carbocycles. The van der Waals surface area contributed by atoms with Crippen LogP contribution < -0.4 is 4.74 Å². The number of rotatable bonds is 3. The second-order valence-electron chi connectivity index (χ2n) is 7.64. The average Bonchev–Trinajstić information content (AvgIpc) is 3.11. The van der Waals surface area contributed by atoms with Gasteiger partial charge in [-0.3, -0.25) is 4.79 Å². The fourth-order valence-electron chi connectivity index (χ4n) is 4.52. The van der Waals surface area contributed by atoms with Gasteiger partial charge in [-0.2, -0.15) is 0 Å². The standard InChI is InChI=1S/C21H28N2O2/c1-25-18-9-10-19-17(12-18)13-20(22-19)16-8-5-11-23(14-16)21(24)15-6-3-2-4-7-15/h9-10,12-13,15-16,22H,2-8,11,14H2,1H3. The molecule has 0 bridgehead atoms. The summed E-state index contributed by atoms with van der Waals surface area (Å²) in [5, 5.41) is 1.19. The van der Waals surface area contributed by atoms with Gasteiger partial charge in [-0.1, -0.05) is 19.3 Å². The van der Waals surface area contributed by atoms with Crippen molar-refractivity contribution in [3.05, 3.63) is 30.0 Å². The number of carbonyl (C=O) groups is 1. The van der Waals surface area contributed by atoms with E-state index in [9.17, 15) is 4.79 Å². The molecule has 1 unspecified atom stereocenters. The Hall–Kier alpha value is -1.97. The number of ether oxygens (including phenoxy) is 1. The summed E-state index contributed by atoms with van der Waals surface area (Å²) in [4.78, 5) is 18.6. The van der Waals surface area contributed by atoms with Crippen LogP contribution >= 0.6 is 0 Å². The average molecular weight is 340 g/mol. The molecule has 4 heteroatoms. The number of benzene rings is 1. The highest BCUT2D eigenvalue weighted by molar-refractivity contribution is 5.82. The Morgan fingerprint density at radius 1 is 1.12 bits per heavy atom. The highest BCUT2D eigenvalue weighted by atomic mass is 16.5. The zero-order valence-corrected chi connectivity index (χ0v) is 15.1. The van der Waals surface area contributed by atoms with Crippen molar-refractivity contribution in [2.75, 3.05) is 20.2 Å². The monoisotopic (exact) mass is 340 g/mol. The first-order valence-electron chi connectivity index (χ1n) is 9.70. The SMILES string of the molecule is COc1ccc2[nH]c(C3CCCN(C(=O)C4CCCCC4)C3)cc2c1. The minimum Gasteiger partial charge on any atom is -0.497 e. The van der Waals surface area contributed by atoms with Gasteiger partial charge < -0.3 is 14.6 Å². The van der Waals surface area contributed by atoms with E-state index in [0.717, 1.165) is 50.0 Å². The number of nitrogens with zero attached hydrogens (tertiary/aromatic N) is 1. The van der Waals surface area contributed by atoms with Crippen LogP contribution in [-0.2, 0) is 4.79 Å². The van der Waals surface area contributed by atoms with Gasteiger partial charge >= 0.3 is 0 Å². The predicted octanol–water partition coefficient (Wildman–Crippen LogP) is 4.46. The van der Waals surface area contributed by atoms with E-state index in [0.29, 0.717) is 11.8 Å². The Morgan fingerprint density at radius 3 is 2.76 bits per heavy atom. The molecule has 1 aromatic carbocycles. The molecule has 134 valence electrons. The number of nitrogens with one attached hydrogen (secondary N) is 1. The number of amides is 1. The molecule has 4 nitrogen and oxygen atoms in total. The van der Waals surface area contributed by atoms with E-state index in [2.05, 4.69) is 28.1 Å². The lowest BCUT2D eigenvalue weighted by atomic mass is 9.87. The lowest BCUT2D eigenvalue weighted by molar-refractivity contribution is -0.137. The minimum absolute atomic E-state index is 0.277. The third kappa shape index (κ3) is 3.39. The summed E-state index contributed by atoms with van der Waals surface area (Å²) in [7, 11) is 1.70. The summed E-state index contributed by atoms with van der Waals surface area (Å²) in [5.41, 5.74) is 2.40. The van der Waals surface area contributed by atoms with Crippen LogP contribution in [0.25, 0.3) is 10.9 Å². The molecule has 1 saturated carbocycles. The number of hydrogen-bond acceptors (Lipinski definition) is 2. The van der Waals surface area contributed by atoms with Crippen LogP contribution in [0.2, 0.25) is 0 Å². The lowest BCUT2D eigenvalue weighted by Gasteiger charge is -2.35. The van der Waals surface area contributed by atoms with Crippen molar-refractivity contribution in [1.29, 1.82) is 0 Å². The summed E-state index contributed by atoms with van der Waals surface area (Å²) in [6, 6.07) is 8.37. The van der Waals surface area contributed by atoms with Crippen LogP contribution in [-0.4, -0.2) is 36.0 Å². The maximum absolute atomic E-state index is 12.9. The largest absolute Gasteiger partial charge is 0.497 e. The van der Waals surface area contributed by atoms with Gasteiger partial charge in [0.25, 0.3) is 0 Å². The summed E-state index contributed by atoms with van der Waals surface area (Å²) in [5.74, 6) is 1.98. The predicted molar refractivity (Wildman–Crippen MR) is 100.0 cm³/mol. The summed E-state index contributed by atoms with van der Waals surface area (Å²) < 4.78 is 5.33. The molecule has 2 heterocycles. The molecular formula is C21H28N2O2. The number of hydrogen-bond donors (Lipinski definition) is 1. The smallest absolute Gasteiger partial charge is 0.225 e. The highest BCUT2D eigenvalue weighted by Gasteiger charge is 2.30. The Kier molecular flexibility index (Phi) is 4.69. The molecule has 1 saturated heterocycles. The molecule has 25 heavy (non-hydrogen) atoms. The van der Waals surface area contributed by atoms with E-state index in [4.69, 9.17) is 4.74 Å². The van der Waals surface area contributed by atoms with Gasteiger partial charge in [-0.05, 0) is 49.9 Å². The first kappa shape index (κ1) is 16.5. The summed E-state index contributed by atoms with van der Waals surface area (Å²) >= 11 is 0. The Morgan fingerprint density at radius 2 is 1.96 bits per heavy atom. The summed E-state index contributed by atoms with van der Waals surface area (Å²) in [6.07, 6.45) is 8.17. The molecule has 1 aliphatic heterocycles. The van der Waals surface area contributed by atoms with Crippen LogP contribution in [0.1, 0.15) is 56.6 Å². The third-order valence-corrected chi connectivity index (χ3v) is 5.98. The molecule has 2 fully saturated rings.